The molecule has 3 rings (SSSR count). The number of hydrogen-bond donors (Lipinski definition) is 1. The van der Waals surface area contributed by atoms with E-state index in [4.69, 9.17) is 9.84 Å². The molecule has 1 N–H and O–H groups in total. The van der Waals surface area contributed by atoms with Gasteiger partial charge in [-0.2, -0.15) is 0 Å². The van der Waals surface area contributed by atoms with Crippen molar-refractivity contribution in [2.45, 2.75) is 32.3 Å². The molecule has 1 aromatic carbocycles. The summed E-state index contributed by atoms with van der Waals surface area (Å²) in [5.74, 6) is 0.447. The van der Waals surface area contributed by atoms with Gasteiger partial charge in [0.2, 0.25) is 0 Å². The van der Waals surface area contributed by atoms with Crippen LogP contribution in [0.3, 0.4) is 0 Å². The van der Waals surface area contributed by atoms with E-state index >= 15 is 0 Å². The Morgan fingerprint density at radius 3 is 2.92 bits per heavy atom. The van der Waals surface area contributed by atoms with Crippen LogP contribution in [0.2, 0.25) is 0 Å². The van der Waals surface area contributed by atoms with Crippen LogP contribution in [0.4, 0.5) is 0 Å². The van der Waals surface area contributed by atoms with Crippen LogP contribution in [0.5, 0.6) is 0 Å². The molecule has 1 aromatic rings. The van der Waals surface area contributed by atoms with E-state index in [1.165, 1.54) is 22.3 Å². The smallest absolute Gasteiger partial charge is 0.303 e. The number of fused-ring (bicyclic) bond motifs is 1. The van der Waals surface area contributed by atoms with Gasteiger partial charge >= 0.3 is 5.97 Å². The molecule has 1 heterocycles. The van der Waals surface area contributed by atoms with Gasteiger partial charge in [-0.3, -0.25) is 4.79 Å². The second-order valence-corrected chi connectivity index (χ2v) is 7.25. The molecule has 0 aromatic heterocycles. The molecule has 1 atom stereocenters. The highest BCUT2D eigenvalue weighted by Gasteiger charge is 2.25. The second kappa shape index (κ2) is 8.37. The zero-order valence-electron chi connectivity index (χ0n) is 15.6. The maximum atomic E-state index is 10.9. The summed E-state index contributed by atoms with van der Waals surface area (Å²) in [4.78, 5) is 13.1. The molecule has 1 aliphatic heterocycles. The molecule has 0 saturated heterocycles. The van der Waals surface area contributed by atoms with Crippen LogP contribution in [0.15, 0.2) is 53.8 Å². The molecule has 4 heteroatoms. The maximum Gasteiger partial charge on any atom is 0.303 e. The van der Waals surface area contributed by atoms with E-state index in [9.17, 15) is 4.79 Å². The van der Waals surface area contributed by atoms with Crippen LogP contribution in [-0.4, -0.2) is 36.6 Å². The monoisotopic (exact) mass is 353 g/mol. The first kappa shape index (κ1) is 18.5. The number of rotatable bonds is 6. The highest BCUT2D eigenvalue weighted by Crippen LogP contribution is 2.40. The average molecular weight is 353 g/mol. The van der Waals surface area contributed by atoms with Crippen LogP contribution in [0.1, 0.15) is 36.8 Å². The van der Waals surface area contributed by atoms with Crippen molar-refractivity contribution in [1.82, 2.24) is 4.90 Å². The summed E-state index contributed by atoms with van der Waals surface area (Å²) in [6, 6.07) is 8.42. The van der Waals surface area contributed by atoms with E-state index in [0.29, 0.717) is 13.0 Å². The molecule has 0 fully saturated rings. The van der Waals surface area contributed by atoms with Crippen molar-refractivity contribution in [3.63, 3.8) is 0 Å². The Bertz CT molecular complexity index is 758. The molecule has 26 heavy (non-hydrogen) atoms. The fourth-order valence-corrected chi connectivity index (χ4v) is 3.57. The maximum absolute atomic E-state index is 10.9. The van der Waals surface area contributed by atoms with Gasteiger partial charge in [0.05, 0.1) is 0 Å². The summed E-state index contributed by atoms with van der Waals surface area (Å²) < 4.78 is 6.09. The Morgan fingerprint density at radius 2 is 2.15 bits per heavy atom. The first-order valence-corrected chi connectivity index (χ1v) is 9.24. The fraction of sp³-hybridized carbons (Fsp3) is 0.409. The number of allylic oxidation sites excluding steroid dienone is 4. The normalized spacial score (nSPS) is 20.6. The van der Waals surface area contributed by atoms with Crippen LogP contribution >= 0.6 is 0 Å². The highest BCUT2D eigenvalue weighted by atomic mass is 16.5. The third kappa shape index (κ3) is 4.44. The van der Waals surface area contributed by atoms with Crippen molar-refractivity contribution in [3.05, 3.63) is 65.0 Å². The lowest BCUT2D eigenvalue weighted by atomic mass is 9.83. The standard InChI is InChI=1S/C22H27NO3/c1-23(2)13-5-8-19-18-7-4-3-6-17(18)15-26-21-11-9-16(14-20(19)21)10-12-22(24)25/h3-4,6-9,11,16H,5,10,12-15H2,1-2H3,(H,24,25)/b19-8-. The predicted octanol–water partition coefficient (Wildman–Crippen LogP) is 4.25. The lowest BCUT2D eigenvalue weighted by Crippen LogP contribution is -2.12. The van der Waals surface area contributed by atoms with Gasteiger partial charge in [-0.25, -0.2) is 0 Å². The van der Waals surface area contributed by atoms with Gasteiger partial charge in [0.25, 0.3) is 0 Å². The molecule has 0 amide bonds. The molecular weight excluding hydrogens is 326 g/mol. The van der Waals surface area contributed by atoms with E-state index < -0.39 is 5.97 Å². The van der Waals surface area contributed by atoms with Crippen LogP contribution in [0.25, 0.3) is 5.57 Å². The summed E-state index contributed by atoms with van der Waals surface area (Å²) in [7, 11) is 4.16. The topological polar surface area (TPSA) is 49.8 Å². The average Bonchev–Trinajstić information content (AvgIpc) is 2.77. The van der Waals surface area contributed by atoms with Gasteiger partial charge in [0.15, 0.2) is 0 Å². The summed E-state index contributed by atoms with van der Waals surface area (Å²) in [5, 5.41) is 9.00. The van der Waals surface area contributed by atoms with Crippen molar-refractivity contribution in [3.8, 4) is 0 Å². The molecule has 2 aliphatic rings. The quantitative estimate of drug-likeness (QED) is 0.831. The van der Waals surface area contributed by atoms with Gasteiger partial charge in [0, 0.05) is 18.5 Å². The Hall–Kier alpha value is -2.33. The van der Waals surface area contributed by atoms with Crippen molar-refractivity contribution in [2.24, 2.45) is 5.92 Å². The first-order valence-electron chi connectivity index (χ1n) is 9.24. The SMILES string of the molecule is CN(C)CC/C=C1\C2=C(C=CC(CCC(=O)O)C2)OCc2ccccc21. The molecule has 4 nitrogen and oxygen atoms in total. The van der Waals surface area contributed by atoms with E-state index in [1.807, 2.05) is 6.08 Å². The Balaban J connectivity index is 1.91. The zero-order chi connectivity index (χ0) is 18.5. The van der Waals surface area contributed by atoms with Crippen molar-refractivity contribution in [1.29, 1.82) is 0 Å². The zero-order valence-corrected chi connectivity index (χ0v) is 15.6. The second-order valence-electron chi connectivity index (χ2n) is 7.25. The number of carbonyl (C=O) groups is 1. The third-order valence-corrected chi connectivity index (χ3v) is 4.95. The number of nitrogens with zero attached hydrogens (tertiary/aromatic N) is 1. The Kier molecular flexibility index (Phi) is 5.94. The van der Waals surface area contributed by atoms with Crippen molar-refractivity contribution in [2.75, 3.05) is 20.6 Å². The summed E-state index contributed by atoms with van der Waals surface area (Å²) in [5.41, 5.74) is 4.91. The van der Waals surface area contributed by atoms with Crippen molar-refractivity contribution < 1.29 is 14.6 Å². The number of hydrogen-bond acceptors (Lipinski definition) is 3. The molecule has 0 radical (unpaired) electrons. The van der Waals surface area contributed by atoms with E-state index in [-0.39, 0.29) is 12.3 Å². The van der Waals surface area contributed by atoms with Gasteiger partial charge < -0.3 is 14.7 Å². The number of aliphatic carboxylic acids is 1. The number of carboxylic acid groups (broad SMARTS) is 1. The van der Waals surface area contributed by atoms with Gasteiger partial charge in [-0.15, -0.1) is 0 Å². The first-order chi connectivity index (χ1) is 12.5. The number of carboxylic acids is 1. The molecule has 0 spiro atoms. The fourth-order valence-electron chi connectivity index (χ4n) is 3.57. The summed E-state index contributed by atoms with van der Waals surface area (Å²) in [6.45, 7) is 1.57. The van der Waals surface area contributed by atoms with Gasteiger partial charge in [-0.1, -0.05) is 36.4 Å². The Morgan fingerprint density at radius 1 is 1.35 bits per heavy atom. The Labute approximate surface area is 155 Å². The van der Waals surface area contributed by atoms with Crippen LogP contribution in [0, 0.1) is 5.92 Å². The summed E-state index contributed by atoms with van der Waals surface area (Å²) >= 11 is 0. The molecule has 0 bridgehead atoms. The van der Waals surface area contributed by atoms with Gasteiger partial charge in [0.1, 0.15) is 12.4 Å². The highest BCUT2D eigenvalue weighted by molar-refractivity contribution is 5.82. The van der Waals surface area contributed by atoms with Crippen LogP contribution < -0.4 is 0 Å². The summed E-state index contributed by atoms with van der Waals surface area (Å²) in [6.07, 6.45) is 9.13. The number of ether oxygens (including phenoxy) is 1. The minimum Gasteiger partial charge on any atom is -0.489 e. The van der Waals surface area contributed by atoms with E-state index in [0.717, 1.165) is 25.1 Å². The molecule has 1 aliphatic carbocycles. The third-order valence-electron chi connectivity index (χ3n) is 4.95. The molecular formula is C22H27NO3. The molecule has 138 valence electrons. The van der Waals surface area contributed by atoms with Crippen LogP contribution in [-0.2, 0) is 16.1 Å². The van der Waals surface area contributed by atoms with Crippen molar-refractivity contribution >= 4 is 11.5 Å². The van der Waals surface area contributed by atoms with Gasteiger partial charge in [-0.05, 0) is 62.1 Å². The number of benzene rings is 1. The minimum absolute atomic E-state index is 0.203. The predicted molar refractivity (Wildman–Crippen MR) is 104 cm³/mol. The van der Waals surface area contributed by atoms with E-state index in [2.05, 4.69) is 55.4 Å². The minimum atomic E-state index is -0.734. The lowest BCUT2D eigenvalue weighted by molar-refractivity contribution is -0.137. The molecule has 0 saturated carbocycles. The van der Waals surface area contributed by atoms with E-state index in [1.54, 1.807) is 0 Å². The largest absolute Gasteiger partial charge is 0.489 e. The lowest BCUT2D eigenvalue weighted by Gasteiger charge is -2.22. The molecule has 1 unspecified atom stereocenters.